The van der Waals surface area contributed by atoms with Crippen LogP contribution in [0.25, 0.3) is 0 Å². The fraction of sp³-hybridized carbons (Fsp3) is 0.500. The maximum Gasteiger partial charge on any atom is 0.296 e. The van der Waals surface area contributed by atoms with Crippen LogP contribution in [-0.2, 0) is 10.7 Å². The van der Waals surface area contributed by atoms with Crippen molar-refractivity contribution in [2.24, 2.45) is 5.73 Å². The molecule has 1 aromatic rings. The molecule has 1 rings (SSSR count). The van der Waals surface area contributed by atoms with Crippen LogP contribution in [0.1, 0.15) is 24.2 Å². The van der Waals surface area contributed by atoms with E-state index in [9.17, 15) is 8.78 Å². The van der Waals surface area contributed by atoms with Gasteiger partial charge in [0.25, 0.3) is 5.92 Å². The predicted molar refractivity (Wildman–Crippen MR) is 57.0 cm³/mol. The Bertz CT molecular complexity index is 369. The van der Waals surface area contributed by atoms with E-state index in [1.807, 2.05) is 0 Å². The minimum absolute atomic E-state index is 0.0283. The molecule has 0 radical (unpaired) electrons. The molecule has 0 unspecified atom stereocenters. The summed E-state index contributed by atoms with van der Waals surface area (Å²) in [7, 11) is 1.21. The maximum atomic E-state index is 13.5. The van der Waals surface area contributed by atoms with E-state index < -0.39 is 18.6 Å². The van der Waals surface area contributed by atoms with Crippen LogP contribution in [0.5, 0.6) is 0 Å². The number of rotatable bonds is 4. The Balaban J connectivity index is 3.13. The highest BCUT2D eigenvalue weighted by Gasteiger charge is 2.32. The Morgan fingerprint density at radius 2 is 2.12 bits per heavy atom. The molecule has 1 atom stereocenters. The second-order valence-corrected chi connectivity index (χ2v) is 3.63. The molecule has 4 nitrogen and oxygen atoms in total. The number of pyridine rings is 1. The molecule has 1 heterocycles. The van der Waals surface area contributed by atoms with Crippen LogP contribution in [0.4, 0.5) is 14.6 Å². The van der Waals surface area contributed by atoms with Gasteiger partial charge in [-0.05, 0) is 19.1 Å². The largest absolute Gasteiger partial charge is 0.384 e. The number of nitrogens with zero attached hydrogens (tertiary/aromatic N) is 1. The van der Waals surface area contributed by atoms with E-state index in [-0.39, 0.29) is 11.4 Å². The first kappa shape index (κ1) is 12.8. The zero-order valence-corrected chi connectivity index (χ0v) is 9.21. The highest BCUT2D eigenvalue weighted by molar-refractivity contribution is 5.37. The third-order valence-corrected chi connectivity index (χ3v) is 2.08. The minimum Gasteiger partial charge on any atom is -0.384 e. The van der Waals surface area contributed by atoms with Gasteiger partial charge in [0.1, 0.15) is 12.4 Å². The summed E-state index contributed by atoms with van der Waals surface area (Å²) in [4.78, 5) is 3.89. The number of hydrogen-bond acceptors (Lipinski definition) is 4. The van der Waals surface area contributed by atoms with Gasteiger partial charge < -0.3 is 16.2 Å². The number of alkyl halides is 2. The molecule has 0 saturated heterocycles. The summed E-state index contributed by atoms with van der Waals surface area (Å²) in [6.45, 7) is 0.953. The van der Waals surface area contributed by atoms with Crippen molar-refractivity contribution in [3.63, 3.8) is 0 Å². The number of anilines is 1. The lowest BCUT2D eigenvalue weighted by Gasteiger charge is -2.17. The molecule has 0 amide bonds. The van der Waals surface area contributed by atoms with E-state index in [2.05, 4.69) is 9.72 Å². The molecule has 16 heavy (non-hydrogen) atoms. The fourth-order valence-corrected chi connectivity index (χ4v) is 1.28. The normalized spacial score (nSPS) is 13.8. The lowest BCUT2D eigenvalue weighted by molar-refractivity contribution is -0.0698. The molecule has 0 aliphatic rings. The summed E-state index contributed by atoms with van der Waals surface area (Å²) >= 11 is 0. The van der Waals surface area contributed by atoms with E-state index in [0.29, 0.717) is 5.69 Å². The molecule has 0 saturated carbocycles. The Labute approximate surface area is 92.6 Å². The van der Waals surface area contributed by atoms with Crippen molar-refractivity contribution in [1.82, 2.24) is 4.98 Å². The van der Waals surface area contributed by atoms with Gasteiger partial charge in [0.2, 0.25) is 0 Å². The van der Waals surface area contributed by atoms with Gasteiger partial charge in [-0.25, -0.2) is 4.98 Å². The van der Waals surface area contributed by atoms with Crippen molar-refractivity contribution >= 4 is 5.82 Å². The van der Waals surface area contributed by atoms with Gasteiger partial charge in [-0.1, -0.05) is 0 Å². The number of aromatic nitrogens is 1. The predicted octanol–water partition coefficient (Wildman–Crippen LogP) is 1.42. The van der Waals surface area contributed by atoms with Gasteiger partial charge in [0, 0.05) is 18.7 Å². The monoisotopic (exact) mass is 231 g/mol. The maximum absolute atomic E-state index is 13.5. The molecule has 4 N–H and O–H groups in total. The van der Waals surface area contributed by atoms with Gasteiger partial charge in [-0.3, -0.25) is 0 Å². The molecule has 6 heteroatoms. The van der Waals surface area contributed by atoms with Crippen molar-refractivity contribution in [3.05, 3.63) is 23.4 Å². The van der Waals surface area contributed by atoms with Crippen molar-refractivity contribution < 1.29 is 13.5 Å². The summed E-state index contributed by atoms with van der Waals surface area (Å²) in [6.07, 6.45) is 0. The van der Waals surface area contributed by atoms with E-state index in [1.54, 1.807) is 6.92 Å². The van der Waals surface area contributed by atoms with E-state index >= 15 is 0 Å². The third-order valence-electron chi connectivity index (χ3n) is 2.08. The van der Waals surface area contributed by atoms with Crippen LogP contribution >= 0.6 is 0 Å². The number of nitrogen functional groups attached to an aromatic ring is 1. The summed E-state index contributed by atoms with van der Waals surface area (Å²) in [5.41, 5.74) is 11.1. The van der Waals surface area contributed by atoms with E-state index in [0.717, 1.165) is 6.07 Å². The van der Waals surface area contributed by atoms with Gasteiger partial charge in [0.05, 0.1) is 5.69 Å². The highest BCUT2D eigenvalue weighted by Crippen LogP contribution is 2.30. The Hall–Kier alpha value is -1.27. The van der Waals surface area contributed by atoms with E-state index in [4.69, 9.17) is 11.5 Å². The van der Waals surface area contributed by atoms with Crippen LogP contribution in [0.15, 0.2) is 12.1 Å². The lowest BCUT2D eigenvalue weighted by atomic mass is 10.1. The number of hydrogen-bond donors (Lipinski definition) is 2. The fourth-order valence-electron chi connectivity index (χ4n) is 1.28. The van der Waals surface area contributed by atoms with Crippen molar-refractivity contribution in [2.45, 2.75) is 18.9 Å². The van der Waals surface area contributed by atoms with Crippen LogP contribution < -0.4 is 11.5 Å². The quantitative estimate of drug-likeness (QED) is 0.821. The van der Waals surface area contributed by atoms with Crippen LogP contribution in [-0.4, -0.2) is 18.7 Å². The Kier molecular flexibility index (Phi) is 3.77. The number of nitrogens with two attached hydrogens (primary N) is 2. The molecule has 0 aromatic carbocycles. The molecule has 0 aliphatic heterocycles. The second-order valence-electron chi connectivity index (χ2n) is 3.63. The average molecular weight is 231 g/mol. The first-order valence-corrected chi connectivity index (χ1v) is 4.77. The summed E-state index contributed by atoms with van der Waals surface area (Å²) in [5, 5.41) is 0. The third kappa shape index (κ3) is 2.86. The average Bonchev–Trinajstić information content (AvgIpc) is 2.16. The number of methoxy groups -OCH3 is 1. The topological polar surface area (TPSA) is 74.2 Å². The van der Waals surface area contributed by atoms with Crippen molar-refractivity contribution in [3.8, 4) is 0 Å². The van der Waals surface area contributed by atoms with Gasteiger partial charge >= 0.3 is 0 Å². The zero-order valence-electron chi connectivity index (χ0n) is 9.21. The zero-order chi connectivity index (χ0) is 12.3. The Morgan fingerprint density at radius 1 is 1.50 bits per heavy atom. The molecule has 0 fully saturated rings. The smallest absolute Gasteiger partial charge is 0.296 e. The van der Waals surface area contributed by atoms with Crippen molar-refractivity contribution in [2.75, 3.05) is 19.5 Å². The van der Waals surface area contributed by atoms with Gasteiger partial charge in [-0.2, -0.15) is 8.78 Å². The summed E-state index contributed by atoms with van der Waals surface area (Å²) in [5.74, 6) is -3.06. The first-order valence-electron chi connectivity index (χ1n) is 4.77. The molecule has 0 spiro atoms. The molecule has 1 aromatic heterocycles. The van der Waals surface area contributed by atoms with Gasteiger partial charge in [-0.15, -0.1) is 0 Å². The van der Waals surface area contributed by atoms with Gasteiger partial charge in [0.15, 0.2) is 0 Å². The molecular formula is C10H15F2N3O. The summed E-state index contributed by atoms with van der Waals surface area (Å²) < 4.78 is 31.5. The molecular weight excluding hydrogens is 216 g/mol. The SMILES string of the molecule is COCC(F)(F)c1cc(N)nc([C@@H](C)N)c1. The second kappa shape index (κ2) is 4.71. The first-order chi connectivity index (χ1) is 7.36. The number of ether oxygens (including phenoxy) is 1. The van der Waals surface area contributed by atoms with Crippen LogP contribution in [0.2, 0.25) is 0 Å². The number of halogens is 2. The van der Waals surface area contributed by atoms with Crippen LogP contribution in [0, 0.1) is 0 Å². The van der Waals surface area contributed by atoms with Crippen molar-refractivity contribution in [1.29, 1.82) is 0 Å². The Morgan fingerprint density at radius 3 is 2.62 bits per heavy atom. The minimum atomic E-state index is -3.09. The molecule has 0 bridgehead atoms. The summed E-state index contributed by atoms with van der Waals surface area (Å²) in [6, 6.07) is 1.94. The van der Waals surface area contributed by atoms with Crippen LogP contribution in [0.3, 0.4) is 0 Å². The molecule has 0 aliphatic carbocycles. The standard InChI is InChI=1S/C10H15F2N3O/c1-6(13)8-3-7(4-9(14)15-8)10(11,12)5-16-2/h3-4,6H,5,13H2,1-2H3,(H2,14,15)/t6-/m1/s1. The molecule has 90 valence electrons. The van der Waals surface area contributed by atoms with E-state index in [1.165, 1.54) is 13.2 Å². The highest BCUT2D eigenvalue weighted by atomic mass is 19.3. The lowest BCUT2D eigenvalue weighted by Crippen LogP contribution is -2.22.